The molecule has 0 saturated carbocycles. The lowest BCUT2D eigenvalue weighted by atomic mass is 10.0. The highest BCUT2D eigenvalue weighted by Gasteiger charge is 2.10. The number of rotatable bonds is 5. The number of thiocarbonyl (C=S) groups is 1. The van der Waals surface area contributed by atoms with E-state index in [1.54, 1.807) is 0 Å². The van der Waals surface area contributed by atoms with Crippen LogP contribution in [0, 0.1) is 5.92 Å². The van der Waals surface area contributed by atoms with Crippen LogP contribution in [-0.2, 0) is 0 Å². The summed E-state index contributed by atoms with van der Waals surface area (Å²) in [6.07, 6.45) is 1.09. The molecule has 20 heavy (non-hydrogen) atoms. The number of benzene rings is 1. The van der Waals surface area contributed by atoms with Crippen LogP contribution >= 0.6 is 12.2 Å². The summed E-state index contributed by atoms with van der Waals surface area (Å²) in [6.45, 7) is 6.59. The van der Waals surface area contributed by atoms with Gasteiger partial charge in [0.2, 0.25) is 0 Å². The van der Waals surface area contributed by atoms with Gasteiger partial charge in [-0.15, -0.1) is 0 Å². The van der Waals surface area contributed by atoms with E-state index in [1.165, 1.54) is 0 Å². The molecule has 0 bridgehead atoms. The van der Waals surface area contributed by atoms with E-state index in [-0.39, 0.29) is 0 Å². The number of nitrogens with one attached hydrogen (secondary N) is 1. The van der Waals surface area contributed by atoms with Gasteiger partial charge in [0.15, 0.2) is 0 Å². The summed E-state index contributed by atoms with van der Waals surface area (Å²) in [7, 11) is 0. The topological polar surface area (TPSA) is 50.9 Å². The molecule has 0 aliphatic carbocycles. The molecule has 1 unspecified atom stereocenters. The number of hydrogen-bond donors (Lipinski definition) is 2. The zero-order valence-corrected chi connectivity index (χ0v) is 13.0. The lowest BCUT2D eigenvalue weighted by molar-refractivity contribution is 0.539. The van der Waals surface area contributed by atoms with Gasteiger partial charge in [-0.2, -0.15) is 0 Å². The maximum absolute atomic E-state index is 5.84. The van der Waals surface area contributed by atoms with Gasteiger partial charge in [0.25, 0.3) is 0 Å². The molecule has 1 aromatic heterocycles. The van der Waals surface area contributed by atoms with E-state index in [1.807, 2.05) is 30.3 Å². The number of fused-ring (bicyclic) bond motifs is 1. The van der Waals surface area contributed by atoms with Gasteiger partial charge in [-0.25, -0.2) is 4.98 Å². The van der Waals surface area contributed by atoms with Crippen molar-refractivity contribution in [1.82, 2.24) is 4.98 Å². The molecule has 1 heterocycles. The van der Waals surface area contributed by atoms with Crippen molar-refractivity contribution in [2.45, 2.75) is 33.2 Å². The summed E-state index contributed by atoms with van der Waals surface area (Å²) in [6, 6.07) is 10.2. The van der Waals surface area contributed by atoms with Crippen LogP contribution in [0.15, 0.2) is 30.3 Å². The lowest BCUT2D eigenvalue weighted by Gasteiger charge is -2.17. The first-order valence-electron chi connectivity index (χ1n) is 6.93. The fourth-order valence-electron chi connectivity index (χ4n) is 2.47. The third-order valence-electron chi connectivity index (χ3n) is 3.20. The molecular weight excluding hydrogens is 266 g/mol. The minimum atomic E-state index is 0.364. The fourth-order valence-corrected chi connectivity index (χ4v) is 2.64. The monoisotopic (exact) mass is 287 g/mol. The maximum atomic E-state index is 5.84. The van der Waals surface area contributed by atoms with Crippen LogP contribution < -0.4 is 11.1 Å². The van der Waals surface area contributed by atoms with E-state index in [4.69, 9.17) is 18.0 Å². The zero-order chi connectivity index (χ0) is 14.7. The molecular formula is C16H21N3S. The molecule has 3 N–H and O–H groups in total. The first-order valence-corrected chi connectivity index (χ1v) is 7.34. The number of nitrogens with two attached hydrogens (primary N) is 1. The van der Waals surface area contributed by atoms with Crippen molar-refractivity contribution in [1.29, 1.82) is 0 Å². The molecule has 0 aliphatic rings. The van der Waals surface area contributed by atoms with Crippen LogP contribution in [0.4, 0.5) is 5.82 Å². The molecule has 0 saturated heterocycles. The quantitative estimate of drug-likeness (QED) is 0.823. The Balaban J connectivity index is 2.37. The van der Waals surface area contributed by atoms with Gasteiger partial charge in [-0.05, 0) is 31.4 Å². The SMILES string of the molecule is CC(C)CC(C)Nc1cc(C(N)=S)c2ccccc2n1. The lowest BCUT2D eigenvalue weighted by Crippen LogP contribution is -2.19. The first kappa shape index (κ1) is 14.7. The van der Waals surface area contributed by atoms with Crippen LogP contribution in [0.25, 0.3) is 10.9 Å². The van der Waals surface area contributed by atoms with Crippen molar-refractivity contribution >= 4 is 33.9 Å². The molecule has 0 fully saturated rings. The molecule has 0 radical (unpaired) electrons. The Morgan fingerprint density at radius 3 is 2.65 bits per heavy atom. The Morgan fingerprint density at radius 1 is 1.30 bits per heavy atom. The highest BCUT2D eigenvalue weighted by atomic mass is 32.1. The van der Waals surface area contributed by atoms with Crippen LogP contribution in [0.1, 0.15) is 32.8 Å². The van der Waals surface area contributed by atoms with Gasteiger partial charge in [0, 0.05) is 17.0 Å². The van der Waals surface area contributed by atoms with Crippen LogP contribution in [0.5, 0.6) is 0 Å². The predicted molar refractivity (Wildman–Crippen MR) is 90.2 cm³/mol. The second kappa shape index (κ2) is 6.18. The number of anilines is 1. The van der Waals surface area contributed by atoms with E-state index in [0.717, 1.165) is 28.7 Å². The van der Waals surface area contributed by atoms with E-state index >= 15 is 0 Å². The third kappa shape index (κ3) is 3.45. The molecule has 1 aromatic carbocycles. The Hall–Kier alpha value is -1.68. The summed E-state index contributed by atoms with van der Waals surface area (Å²) >= 11 is 5.15. The highest BCUT2D eigenvalue weighted by Crippen LogP contribution is 2.21. The molecule has 2 aromatic rings. The summed E-state index contributed by atoms with van der Waals surface area (Å²) < 4.78 is 0. The van der Waals surface area contributed by atoms with Gasteiger partial charge >= 0.3 is 0 Å². The van der Waals surface area contributed by atoms with Gasteiger partial charge in [-0.1, -0.05) is 44.3 Å². The summed E-state index contributed by atoms with van der Waals surface area (Å²) in [5, 5.41) is 4.44. The minimum absolute atomic E-state index is 0.364. The van der Waals surface area contributed by atoms with Gasteiger partial charge in [-0.3, -0.25) is 0 Å². The van der Waals surface area contributed by atoms with Crippen LogP contribution in [0.2, 0.25) is 0 Å². The van der Waals surface area contributed by atoms with Crippen molar-refractivity contribution in [3.8, 4) is 0 Å². The standard InChI is InChI=1S/C16H21N3S/c1-10(2)8-11(3)18-15-9-13(16(17)20)12-6-4-5-7-14(12)19-15/h4-7,9-11H,8H2,1-3H3,(H2,17,20)(H,18,19). The molecule has 2 rings (SSSR count). The Labute approximate surface area is 125 Å². The molecule has 1 atom stereocenters. The molecule has 0 amide bonds. The van der Waals surface area contributed by atoms with Crippen molar-refractivity contribution in [2.75, 3.05) is 5.32 Å². The summed E-state index contributed by atoms with van der Waals surface area (Å²) in [5.41, 5.74) is 7.63. The molecule has 0 spiro atoms. The Bertz CT molecular complexity index is 622. The summed E-state index contributed by atoms with van der Waals surface area (Å²) in [4.78, 5) is 5.04. The van der Waals surface area contributed by atoms with E-state index in [9.17, 15) is 0 Å². The van der Waals surface area contributed by atoms with E-state index < -0.39 is 0 Å². The van der Waals surface area contributed by atoms with Gasteiger partial charge in [0.05, 0.1) is 5.52 Å². The van der Waals surface area contributed by atoms with Crippen molar-refractivity contribution in [2.24, 2.45) is 11.7 Å². The minimum Gasteiger partial charge on any atom is -0.389 e. The Kier molecular flexibility index (Phi) is 4.55. The van der Waals surface area contributed by atoms with E-state index in [0.29, 0.717) is 16.9 Å². The second-order valence-electron chi connectivity index (χ2n) is 5.61. The normalized spacial score (nSPS) is 12.6. The largest absolute Gasteiger partial charge is 0.389 e. The number of hydrogen-bond acceptors (Lipinski definition) is 3. The highest BCUT2D eigenvalue weighted by molar-refractivity contribution is 7.80. The second-order valence-corrected chi connectivity index (χ2v) is 6.05. The van der Waals surface area contributed by atoms with E-state index in [2.05, 4.69) is 31.1 Å². The van der Waals surface area contributed by atoms with Gasteiger partial charge in [0.1, 0.15) is 10.8 Å². The third-order valence-corrected chi connectivity index (χ3v) is 3.42. The fraction of sp³-hybridized carbons (Fsp3) is 0.375. The molecule has 3 nitrogen and oxygen atoms in total. The number of aromatic nitrogens is 1. The average Bonchev–Trinajstić information content (AvgIpc) is 2.36. The number of nitrogens with zero attached hydrogens (tertiary/aromatic N) is 1. The number of para-hydroxylation sites is 1. The van der Waals surface area contributed by atoms with Crippen molar-refractivity contribution in [3.05, 3.63) is 35.9 Å². The first-order chi connectivity index (χ1) is 9.47. The zero-order valence-electron chi connectivity index (χ0n) is 12.2. The summed E-state index contributed by atoms with van der Waals surface area (Å²) in [5.74, 6) is 1.48. The molecule has 4 heteroatoms. The molecule has 106 valence electrons. The van der Waals surface area contributed by atoms with Crippen molar-refractivity contribution < 1.29 is 0 Å². The molecule has 0 aliphatic heterocycles. The van der Waals surface area contributed by atoms with Crippen LogP contribution in [-0.4, -0.2) is 16.0 Å². The number of pyridine rings is 1. The Morgan fingerprint density at radius 2 is 2.00 bits per heavy atom. The smallest absolute Gasteiger partial charge is 0.127 e. The van der Waals surface area contributed by atoms with Gasteiger partial charge < -0.3 is 11.1 Å². The average molecular weight is 287 g/mol. The predicted octanol–water partition coefficient (Wildman–Crippen LogP) is 3.72. The van der Waals surface area contributed by atoms with Crippen LogP contribution in [0.3, 0.4) is 0 Å². The van der Waals surface area contributed by atoms with Crippen molar-refractivity contribution in [3.63, 3.8) is 0 Å². The maximum Gasteiger partial charge on any atom is 0.127 e.